The molecule has 0 atom stereocenters. The highest BCUT2D eigenvalue weighted by Gasteiger charge is 2.02. The van der Waals surface area contributed by atoms with Crippen LogP contribution in [-0.4, -0.2) is 23.2 Å². The van der Waals surface area contributed by atoms with Gasteiger partial charge in [0.05, 0.1) is 6.21 Å². The largest absolute Gasteiger partial charge is 0.289 e. The number of benzene rings is 2. The summed E-state index contributed by atoms with van der Waals surface area (Å²) in [4.78, 5) is 22.5. The summed E-state index contributed by atoms with van der Waals surface area (Å²) in [5.41, 5.74) is 7.27. The van der Waals surface area contributed by atoms with E-state index in [2.05, 4.69) is 22.7 Å². The minimum Gasteiger partial charge on any atom is -0.289 e. The van der Waals surface area contributed by atoms with Crippen LogP contribution in [0.25, 0.3) is 11.1 Å². The van der Waals surface area contributed by atoms with Crippen molar-refractivity contribution in [2.75, 3.05) is 0 Å². The molecule has 26 heavy (non-hydrogen) atoms. The van der Waals surface area contributed by atoms with Crippen molar-refractivity contribution in [2.24, 2.45) is 5.10 Å². The van der Waals surface area contributed by atoms with E-state index in [4.69, 9.17) is 5.21 Å². The Balaban J connectivity index is 1.69. The SMILES string of the molecule is O=C(CCCCCC(=O)N/N=C\c1ccc(-c2ccccc2)cc1)NO. The summed E-state index contributed by atoms with van der Waals surface area (Å²) >= 11 is 0. The number of carbonyl (C=O) groups is 2. The van der Waals surface area contributed by atoms with E-state index in [9.17, 15) is 9.59 Å². The van der Waals surface area contributed by atoms with Gasteiger partial charge in [-0.3, -0.25) is 14.8 Å². The van der Waals surface area contributed by atoms with Gasteiger partial charge in [0.1, 0.15) is 0 Å². The Kier molecular flexibility index (Phi) is 8.02. The summed E-state index contributed by atoms with van der Waals surface area (Å²) in [6, 6.07) is 18.0. The van der Waals surface area contributed by atoms with Crippen molar-refractivity contribution in [1.82, 2.24) is 10.9 Å². The fourth-order valence-electron chi connectivity index (χ4n) is 2.43. The standard InChI is InChI=1S/C20H23N3O3/c24-19(9-5-2-6-10-20(25)23-26)22-21-15-16-11-13-18(14-12-16)17-7-3-1-4-8-17/h1,3-4,7-8,11-15,26H,2,5-6,9-10H2,(H,22,24)(H,23,25)/b21-15-. The molecule has 6 heteroatoms. The molecule has 0 aliphatic heterocycles. The molecule has 0 fully saturated rings. The van der Waals surface area contributed by atoms with Crippen molar-refractivity contribution in [1.29, 1.82) is 0 Å². The van der Waals surface area contributed by atoms with E-state index in [1.54, 1.807) is 11.7 Å². The van der Waals surface area contributed by atoms with E-state index < -0.39 is 5.91 Å². The number of unbranched alkanes of at least 4 members (excludes halogenated alkanes) is 2. The molecule has 0 bridgehead atoms. The van der Waals surface area contributed by atoms with Gasteiger partial charge in [0, 0.05) is 12.8 Å². The highest BCUT2D eigenvalue weighted by molar-refractivity contribution is 5.83. The van der Waals surface area contributed by atoms with E-state index >= 15 is 0 Å². The van der Waals surface area contributed by atoms with Gasteiger partial charge in [-0.25, -0.2) is 10.9 Å². The van der Waals surface area contributed by atoms with E-state index in [0.29, 0.717) is 19.3 Å². The number of hydrogen-bond acceptors (Lipinski definition) is 4. The summed E-state index contributed by atoms with van der Waals surface area (Å²) in [6.07, 6.45) is 4.27. The molecule has 0 heterocycles. The predicted octanol–water partition coefficient (Wildman–Crippen LogP) is 3.26. The van der Waals surface area contributed by atoms with Crippen molar-refractivity contribution in [2.45, 2.75) is 32.1 Å². The topological polar surface area (TPSA) is 90.8 Å². The van der Waals surface area contributed by atoms with Crippen LogP contribution in [0.4, 0.5) is 0 Å². The molecule has 6 nitrogen and oxygen atoms in total. The molecule has 2 amide bonds. The molecule has 0 aliphatic rings. The van der Waals surface area contributed by atoms with E-state index in [1.165, 1.54) is 0 Å². The molecule has 0 spiro atoms. The highest BCUT2D eigenvalue weighted by atomic mass is 16.5. The number of carbonyl (C=O) groups excluding carboxylic acids is 2. The van der Waals surface area contributed by atoms with E-state index in [-0.39, 0.29) is 12.3 Å². The predicted molar refractivity (Wildman–Crippen MR) is 101 cm³/mol. The van der Waals surface area contributed by atoms with Gasteiger partial charge in [0.25, 0.3) is 0 Å². The number of hydrazone groups is 1. The molecule has 0 saturated carbocycles. The zero-order valence-electron chi connectivity index (χ0n) is 14.5. The smallest absolute Gasteiger partial charge is 0.243 e. The third-order valence-corrected chi connectivity index (χ3v) is 3.85. The van der Waals surface area contributed by atoms with Gasteiger partial charge < -0.3 is 0 Å². The summed E-state index contributed by atoms with van der Waals surface area (Å²) in [7, 11) is 0. The second-order valence-electron chi connectivity index (χ2n) is 5.88. The zero-order chi connectivity index (χ0) is 18.6. The van der Waals surface area contributed by atoms with Gasteiger partial charge >= 0.3 is 0 Å². The maximum absolute atomic E-state index is 11.7. The fraction of sp³-hybridized carbons (Fsp3) is 0.250. The average Bonchev–Trinajstić information content (AvgIpc) is 2.68. The lowest BCUT2D eigenvalue weighted by Gasteiger charge is -2.02. The summed E-state index contributed by atoms with van der Waals surface area (Å²) in [5, 5.41) is 12.3. The molecule has 0 unspecified atom stereocenters. The van der Waals surface area contributed by atoms with Crippen LogP contribution in [-0.2, 0) is 9.59 Å². The van der Waals surface area contributed by atoms with Crippen molar-refractivity contribution < 1.29 is 14.8 Å². The zero-order valence-corrected chi connectivity index (χ0v) is 14.5. The van der Waals surface area contributed by atoms with Gasteiger partial charge in [-0.1, -0.05) is 61.0 Å². The van der Waals surface area contributed by atoms with Crippen LogP contribution in [0.15, 0.2) is 59.7 Å². The Morgan fingerprint density at radius 1 is 0.846 bits per heavy atom. The fourth-order valence-corrected chi connectivity index (χ4v) is 2.43. The molecule has 3 N–H and O–H groups in total. The first kappa shape index (κ1) is 19.3. The van der Waals surface area contributed by atoms with Crippen molar-refractivity contribution in [3.05, 3.63) is 60.2 Å². The third-order valence-electron chi connectivity index (χ3n) is 3.85. The number of nitrogens with one attached hydrogen (secondary N) is 2. The Hall–Kier alpha value is -2.99. The minimum absolute atomic E-state index is 0.159. The summed E-state index contributed by atoms with van der Waals surface area (Å²) in [6.45, 7) is 0. The second kappa shape index (κ2) is 10.8. The minimum atomic E-state index is -0.405. The Morgan fingerprint density at radius 2 is 1.46 bits per heavy atom. The van der Waals surface area contributed by atoms with Crippen LogP contribution in [0, 0.1) is 0 Å². The molecular formula is C20H23N3O3. The Labute approximate surface area is 152 Å². The number of hydroxylamine groups is 1. The van der Waals surface area contributed by atoms with Crippen molar-refractivity contribution in [3.63, 3.8) is 0 Å². The van der Waals surface area contributed by atoms with E-state index in [0.717, 1.165) is 23.1 Å². The molecule has 2 rings (SSSR count). The monoisotopic (exact) mass is 353 g/mol. The van der Waals surface area contributed by atoms with Crippen LogP contribution in [0.2, 0.25) is 0 Å². The first-order valence-corrected chi connectivity index (χ1v) is 8.59. The summed E-state index contributed by atoms with van der Waals surface area (Å²) < 4.78 is 0. The highest BCUT2D eigenvalue weighted by Crippen LogP contribution is 2.18. The Morgan fingerprint density at radius 3 is 2.12 bits per heavy atom. The molecule has 2 aromatic carbocycles. The third kappa shape index (κ3) is 6.86. The average molecular weight is 353 g/mol. The molecule has 0 aliphatic carbocycles. The second-order valence-corrected chi connectivity index (χ2v) is 5.88. The summed E-state index contributed by atoms with van der Waals surface area (Å²) in [5.74, 6) is -0.564. The molecule has 2 aromatic rings. The molecule has 136 valence electrons. The molecule has 0 saturated heterocycles. The van der Waals surface area contributed by atoms with Crippen LogP contribution in [0.5, 0.6) is 0 Å². The van der Waals surface area contributed by atoms with Crippen LogP contribution < -0.4 is 10.9 Å². The van der Waals surface area contributed by atoms with Crippen LogP contribution in [0.1, 0.15) is 37.7 Å². The van der Waals surface area contributed by atoms with Gasteiger partial charge in [-0.2, -0.15) is 5.10 Å². The number of rotatable bonds is 9. The normalized spacial score (nSPS) is 10.7. The number of nitrogens with zero attached hydrogens (tertiary/aromatic N) is 1. The first-order valence-electron chi connectivity index (χ1n) is 8.59. The van der Waals surface area contributed by atoms with Crippen LogP contribution in [0.3, 0.4) is 0 Å². The lowest BCUT2D eigenvalue weighted by molar-refractivity contribution is -0.129. The number of hydrogen-bond donors (Lipinski definition) is 3. The van der Waals surface area contributed by atoms with Crippen molar-refractivity contribution in [3.8, 4) is 11.1 Å². The molecular weight excluding hydrogens is 330 g/mol. The van der Waals surface area contributed by atoms with Crippen LogP contribution >= 0.6 is 0 Å². The molecule has 0 radical (unpaired) electrons. The van der Waals surface area contributed by atoms with Crippen molar-refractivity contribution >= 4 is 18.0 Å². The maximum Gasteiger partial charge on any atom is 0.243 e. The first-order chi connectivity index (χ1) is 12.7. The lowest BCUT2D eigenvalue weighted by atomic mass is 10.0. The van der Waals surface area contributed by atoms with E-state index in [1.807, 2.05) is 42.5 Å². The number of amides is 2. The maximum atomic E-state index is 11.7. The molecule has 0 aromatic heterocycles. The van der Waals surface area contributed by atoms with Gasteiger partial charge in [0.15, 0.2) is 0 Å². The lowest BCUT2D eigenvalue weighted by Crippen LogP contribution is -2.18. The Bertz CT molecular complexity index is 728. The quantitative estimate of drug-likeness (QED) is 0.280. The van der Waals surface area contributed by atoms with Gasteiger partial charge in [-0.15, -0.1) is 0 Å². The van der Waals surface area contributed by atoms with Gasteiger partial charge in [0.2, 0.25) is 11.8 Å². The van der Waals surface area contributed by atoms with Gasteiger partial charge in [-0.05, 0) is 29.5 Å².